The van der Waals surface area contributed by atoms with Gasteiger partial charge in [-0.05, 0) is 12.5 Å². The van der Waals surface area contributed by atoms with Gasteiger partial charge in [0.25, 0.3) is 0 Å². The van der Waals surface area contributed by atoms with E-state index >= 15 is 0 Å². The fourth-order valence-corrected chi connectivity index (χ4v) is 1.77. The second-order valence-corrected chi connectivity index (χ2v) is 4.60. The summed E-state index contributed by atoms with van der Waals surface area (Å²) in [5.41, 5.74) is -1.33. The van der Waals surface area contributed by atoms with E-state index in [2.05, 4.69) is 10.3 Å². The van der Waals surface area contributed by atoms with Gasteiger partial charge in [-0.2, -0.15) is 13.2 Å². The van der Waals surface area contributed by atoms with Crippen molar-refractivity contribution in [2.24, 2.45) is 0 Å². The van der Waals surface area contributed by atoms with Crippen molar-refractivity contribution in [3.63, 3.8) is 0 Å². The first-order valence-electron chi connectivity index (χ1n) is 6.38. The molecule has 22 heavy (non-hydrogen) atoms. The van der Waals surface area contributed by atoms with Crippen LogP contribution in [0.1, 0.15) is 30.6 Å². The number of alkyl halides is 3. The topological polar surface area (TPSA) is 91.7 Å². The average molecular weight is 322 g/mol. The number of amides is 1. The van der Waals surface area contributed by atoms with Gasteiger partial charge in [0.1, 0.15) is 6.10 Å². The lowest BCUT2D eigenvalue weighted by Crippen LogP contribution is -2.28. The predicted molar refractivity (Wildman–Crippen MR) is 70.1 cm³/mol. The normalized spacial score (nSPS) is 14.3. The molecule has 0 saturated heterocycles. The van der Waals surface area contributed by atoms with E-state index in [0.717, 1.165) is 0 Å². The van der Waals surface area contributed by atoms with Gasteiger partial charge in [-0.3, -0.25) is 4.79 Å². The second kappa shape index (κ2) is 7.41. The number of rotatable bonds is 6. The average Bonchev–Trinajstić information content (AvgIpc) is 2.44. The van der Waals surface area contributed by atoms with Crippen LogP contribution in [-0.2, 0) is 11.0 Å². The summed E-state index contributed by atoms with van der Waals surface area (Å²) in [7, 11) is 1.19. The first kappa shape index (κ1) is 18.2. The number of hydrogen-bond donors (Lipinski definition) is 3. The Balaban J connectivity index is 2.94. The molecule has 0 bridgehead atoms. The van der Waals surface area contributed by atoms with Crippen molar-refractivity contribution in [3.05, 3.63) is 23.4 Å². The summed E-state index contributed by atoms with van der Waals surface area (Å²) in [6.45, 7) is 1.35. The minimum atomic E-state index is -4.63. The van der Waals surface area contributed by atoms with E-state index < -0.39 is 23.9 Å². The number of halogens is 3. The molecule has 0 fully saturated rings. The summed E-state index contributed by atoms with van der Waals surface area (Å²) >= 11 is 0. The van der Waals surface area contributed by atoms with Gasteiger partial charge in [0.2, 0.25) is 11.8 Å². The van der Waals surface area contributed by atoms with Gasteiger partial charge in [-0.25, -0.2) is 4.98 Å². The molecule has 2 atom stereocenters. The Morgan fingerprint density at radius 1 is 1.45 bits per heavy atom. The molecule has 1 amide bonds. The largest absolute Gasteiger partial charge is 0.481 e. The molecule has 6 nitrogen and oxygen atoms in total. The van der Waals surface area contributed by atoms with Gasteiger partial charge < -0.3 is 20.3 Å². The van der Waals surface area contributed by atoms with E-state index in [1.807, 2.05) is 0 Å². The molecule has 3 N–H and O–H groups in total. The summed E-state index contributed by atoms with van der Waals surface area (Å²) in [4.78, 5) is 14.2. The van der Waals surface area contributed by atoms with Crippen LogP contribution in [0, 0.1) is 0 Å². The fraction of sp³-hybridized carbons (Fsp3) is 0.538. The first-order valence-corrected chi connectivity index (χ1v) is 6.38. The highest BCUT2D eigenvalue weighted by Crippen LogP contribution is 2.34. The number of carbonyl (C=O) groups is 1. The Morgan fingerprint density at radius 2 is 2.09 bits per heavy atom. The maximum atomic E-state index is 12.7. The van der Waals surface area contributed by atoms with Crippen molar-refractivity contribution in [3.8, 4) is 5.88 Å². The van der Waals surface area contributed by atoms with Crippen LogP contribution in [-0.4, -0.2) is 40.9 Å². The number of aliphatic hydroxyl groups excluding tert-OH is 2. The summed E-state index contributed by atoms with van der Waals surface area (Å²) in [5.74, 6) is -0.529. The third-order valence-corrected chi connectivity index (χ3v) is 2.90. The highest BCUT2D eigenvalue weighted by atomic mass is 19.4. The number of methoxy groups -OCH3 is 1. The minimum absolute atomic E-state index is 0.0415. The van der Waals surface area contributed by atoms with Crippen LogP contribution in [0.2, 0.25) is 0 Å². The zero-order valence-corrected chi connectivity index (χ0v) is 12.0. The lowest BCUT2D eigenvalue weighted by atomic mass is 10.0. The van der Waals surface area contributed by atoms with Crippen LogP contribution in [0.15, 0.2) is 12.3 Å². The molecular weight excluding hydrogens is 305 g/mol. The highest BCUT2D eigenvalue weighted by Gasteiger charge is 2.33. The highest BCUT2D eigenvalue weighted by molar-refractivity contribution is 5.72. The third-order valence-electron chi connectivity index (χ3n) is 2.90. The number of aromatic nitrogens is 1. The van der Waals surface area contributed by atoms with Crippen LogP contribution in [0.5, 0.6) is 5.88 Å². The first-order chi connectivity index (χ1) is 10.2. The molecule has 0 saturated carbocycles. The monoisotopic (exact) mass is 322 g/mol. The second-order valence-electron chi connectivity index (χ2n) is 4.60. The van der Waals surface area contributed by atoms with Crippen molar-refractivity contribution in [1.82, 2.24) is 10.3 Å². The molecule has 0 aliphatic heterocycles. The van der Waals surface area contributed by atoms with Crippen LogP contribution in [0.25, 0.3) is 0 Å². The van der Waals surface area contributed by atoms with Gasteiger partial charge in [-0.15, -0.1) is 0 Å². The third kappa shape index (κ3) is 4.85. The molecular formula is C13H17F3N2O4. The van der Waals surface area contributed by atoms with E-state index in [-0.39, 0.29) is 30.3 Å². The summed E-state index contributed by atoms with van der Waals surface area (Å²) in [5, 5.41) is 22.2. The Kier molecular flexibility index (Phi) is 6.12. The van der Waals surface area contributed by atoms with Crippen molar-refractivity contribution in [2.75, 3.05) is 13.7 Å². The quantitative estimate of drug-likeness (QED) is 0.727. The molecule has 0 spiro atoms. The lowest BCUT2D eigenvalue weighted by molar-refractivity contribution is -0.138. The van der Waals surface area contributed by atoms with Gasteiger partial charge in [0.15, 0.2) is 0 Å². The maximum absolute atomic E-state index is 12.7. The standard InChI is InChI=1S/C13H17F3N2O4/c1-7(19)17-4-3-10(20)11(21)9-5-8(13(14,15)16)6-18-12(9)22-2/h5-6,10-11,20-21H,3-4H2,1-2H3,(H,17,19). The smallest absolute Gasteiger partial charge is 0.417 e. The Bertz CT molecular complexity index is 522. The molecule has 2 unspecified atom stereocenters. The summed E-state index contributed by atoms with van der Waals surface area (Å²) < 4.78 is 42.9. The van der Waals surface area contributed by atoms with E-state index in [9.17, 15) is 28.2 Å². The van der Waals surface area contributed by atoms with E-state index in [4.69, 9.17) is 4.74 Å². The molecule has 1 rings (SSSR count). The minimum Gasteiger partial charge on any atom is -0.481 e. The molecule has 0 aliphatic rings. The summed E-state index contributed by atoms with van der Waals surface area (Å²) in [6, 6.07) is 0.679. The molecule has 0 aliphatic carbocycles. The van der Waals surface area contributed by atoms with E-state index in [1.54, 1.807) is 0 Å². The molecule has 0 aromatic carbocycles. The van der Waals surface area contributed by atoms with Gasteiger partial charge in [0.05, 0.1) is 18.8 Å². The summed E-state index contributed by atoms with van der Waals surface area (Å²) in [6.07, 6.45) is -7.10. The molecule has 1 aromatic heterocycles. The van der Waals surface area contributed by atoms with Crippen molar-refractivity contribution in [1.29, 1.82) is 0 Å². The number of aliphatic hydroxyl groups is 2. The molecule has 1 heterocycles. The molecule has 1 aromatic rings. The number of nitrogens with zero attached hydrogens (tertiary/aromatic N) is 1. The van der Waals surface area contributed by atoms with Crippen LogP contribution >= 0.6 is 0 Å². The zero-order valence-electron chi connectivity index (χ0n) is 12.0. The van der Waals surface area contributed by atoms with E-state index in [1.165, 1.54) is 14.0 Å². The van der Waals surface area contributed by atoms with Crippen LogP contribution < -0.4 is 10.1 Å². The van der Waals surface area contributed by atoms with E-state index in [0.29, 0.717) is 12.3 Å². The predicted octanol–water partition coefficient (Wildman–Crippen LogP) is 1.03. The molecule has 0 radical (unpaired) electrons. The number of ether oxygens (including phenoxy) is 1. The SMILES string of the molecule is COc1ncc(C(F)(F)F)cc1C(O)C(O)CCNC(C)=O. The van der Waals surface area contributed by atoms with Gasteiger partial charge in [0, 0.05) is 25.2 Å². The van der Waals surface area contributed by atoms with Crippen molar-refractivity contribution in [2.45, 2.75) is 31.7 Å². The van der Waals surface area contributed by atoms with Crippen molar-refractivity contribution >= 4 is 5.91 Å². The van der Waals surface area contributed by atoms with Gasteiger partial charge >= 0.3 is 6.18 Å². The number of pyridine rings is 1. The van der Waals surface area contributed by atoms with Crippen LogP contribution in [0.3, 0.4) is 0 Å². The van der Waals surface area contributed by atoms with Crippen molar-refractivity contribution < 1.29 is 32.9 Å². The Hall–Kier alpha value is -1.87. The van der Waals surface area contributed by atoms with Gasteiger partial charge in [-0.1, -0.05) is 0 Å². The zero-order chi connectivity index (χ0) is 16.9. The Labute approximate surface area is 124 Å². The number of hydrogen-bond acceptors (Lipinski definition) is 5. The number of carbonyl (C=O) groups excluding carboxylic acids is 1. The maximum Gasteiger partial charge on any atom is 0.417 e. The molecule has 9 heteroatoms. The number of nitrogens with one attached hydrogen (secondary N) is 1. The molecule has 124 valence electrons. The Morgan fingerprint density at radius 3 is 2.59 bits per heavy atom. The fourth-order valence-electron chi connectivity index (χ4n) is 1.77. The lowest BCUT2D eigenvalue weighted by Gasteiger charge is -2.20. The van der Waals surface area contributed by atoms with Crippen LogP contribution in [0.4, 0.5) is 13.2 Å².